The molecule has 1 amide bonds. The van der Waals surface area contributed by atoms with Crippen LogP contribution in [-0.4, -0.2) is 58.7 Å². The fourth-order valence-corrected chi connectivity index (χ4v) is 3.49. The van der Waals surface area contributed by atoms with Gasteiger partial charge in [-0.1, -0.05) is 0 Å². The number of carbonyl (C=O) groups is 1. The van der Waals surface area contributed by atoms with Crippen LogP contribution in [0.5, 0.6) is 0 Å². The van der Waals surface area contributed by atoms with Crippen molar-refractivity contribution in [2.24, 2.45) is 0 Å². The van der Waals surface area contributed by atoms with Gasteiger partial charge < -0.3 is 9.80 Å². The highest BCUT2D eigenvalue weighted by Gasteiger charge is 2.16. The monoisotopic (exact) mass is 404 g/mol. The second-order valence-electron chi connectivity index (χ2n) is 6.72. The molecule has 3 rings (SSSR count). The van der Waals surface area contributed by atoms with Gasteiger partial charge in [0.25, 0.3) is 5.91 Å². The van der Waals surface area contributed by atoms with Crippen LogP contribution in [0.1, 0.15) is 34.6 Å². The molecule has 1 aromatic carbocycles. The minimum Gasteiger partial charge on any atom is -0.340 e. The zero-order valence-electron chi connectivity index (χ0n) is 15.1. The van der Waals surface area contributed by atoms with Crippen molar-refractivity contribution in [3.63, 3.8) is 0 Å². The van der Waals surface area contributed by atoms with Crippen LogP contribution in [-0.2, 0) is 0 Å². The molecule has 0 aliphatic carbocycles. The van der Waals surface area contributed by atoms with E-state index in [2.05, 4.69) is 25.9 Å². The molecule has 5 nitrogen and oxygen atoms in total. The summed E-state index contributed by atoms with van der Waals surface area (Å²) < 4.78 is 2.92. The fourth-order valence-electron chi connectivity index (χ4n) is 3.24. The van der Waals surface area contributed by atoms with E-state index in [9.17, 15) is 4.79 Å². The number of benzene rings is 1. The molecule has 2 heterocycles. The normalized spacial score (nSPS) is 14.9. The summed E-state index contributed by atoms with van der Waals surface area (Å²) in [6, 6.07) is 7.67. The summed E-state index contributed by atoms with van der Waals surface area (Å²) in [5.74, 6) is 0.0697. The van der Waals surface area contributed by atoms with Crippen molar-refractivity contribution in [3.05, 3.63) is 45.7 Å². The number of halogens is 1. The number of hydrogen-bond acceptors (Lipinski definition) is 3. The number of nitrogens with zero attached hydrogens (tertiary/aromatic N) is 4. The Hall–Kier alpha value is -1.66. The van der Waals surface area contributed by atoms with Gasteiger partial charge >= 0.3 is 0 Å². The summed E-state index contributed by atoms with van der Waals surface area (Å²) >= 11 is 3.55. The van der Waals surface area contributed by atoms with E-state index in [1.165, 1.54) is 12.8 Å². The van der Waals surface area contributed by atoms with Gasteiger partial charge in [-0.3, -0.25) is 4.79 Å². The van der Waals surface area contributed by atoms with E-state index in [1.54, 1.807) is 0 Å². The summed E-state index contributed by atoms with van der Waals surface area (Å²) in [6.45, 7) is 8.05. The second-order valence-corrected chi connectivity index (χ2v) is 7.51. The first-order valence-corrected chi connectivity index (χ1v) is 9.56. The molecule has 0 radical (unpaired) electrons. The molecule has 1 aliphatic rings. The molecule has 6 heteroatoms. The van der Waals surface area contributed by atoms with E-state index in [-0.39, 0.29) is 5.91 Å². The van der Waals surface area contributed by atoms with Gasteiger partial charge in [-0.2, -0.15) is 5.10 Å². The van der Waals surface area contributed by atoms with Crippen molar-refractivity contribution < 1.29 is 4.79 Å². The standard InChI is InChI=1S/C19H25BrN4O/c1-14-18(20)15(2)24(21-14)17-8-6-16(7-9-17)19(25)22(3)12-13-23-10-4-5-11-23/h6-9H,4-5,10-13H2,1-3H3. The lowest BCUT2D eigenvalue weighted by Gasteiger charge is -2.21. The first-order chi connectivity index (χ1) is 12.0. The smallest absolute Gasteiger partial charge is 0.253 e. The van der Waals surface area contributed by atoms with Crippen molar-refractivity contribution in [1.82, 2.24) is 19.6 Å². The Morgan fingerprint density at radius 2 is 1.84 bits per heavy atom. The van der Waals surface area contributed by atoms with Crippen molar-refractivity contribution in [3.8, 4) is 5.69 Å². The van der Waals surface area contributed by atoms with Crippen LogP contribution in [0, 0.1) is 13.8 Å². The second kappa shape index (κ2) is 7.70. The Morgan fingerprint density at radius 1 is 1.20 bits per heavy atom. The number of aromatic nitrogens is 2. The van der Waals surface area contributed by atoms with Crippen LogP contribution in [0.15, 0.2) is 28.7 Å². The Bertz CT molecular complexity index is 748. The highest BCUT2D eigenvalue weighted by atomic mass is 79.9. The number of carbonyl (C=O) groups excluding carboxylic acids is 1. The summed E-state index contributed by atoms with van der Waals surface area (Å²) in [5.41, 5.74) is 3.69. The minimum absolute atomic E-state index is 0.0697. The van der Waals surface area contributed by atoms with Crippen molar-refractivity contribution in [2.75, 3.05) is 33.2 Å². The number of amides is 1. The van der Waals surface area contributed by atoms with Gasteiger partial charge in [0.05, 0.1) is 21.5 Å². The molecule has 0 saturated carbocycles. The van der Waals surface area contributed by atoms with E-state index in [1.807, 2.05) is 54.7 Å². The van der Waals surface area contributed by atoms with Crippen LogP contribution in [0.3, 0.4) is 0 Å². The minimum atomic E-state index is 0.0697. The summed E-state index contributed by atoms with van der Waals surface area (Å²) in [6.07, 6.45) is 2.56. The van der Waals surface area contributed by atoms with E-state index in [0.717, 1.165) is 47.7 Å². The van der Waals surface area contributed by atoms with Crippen molar-refractivity contribution >= 4 is 21.8 Å². The van der Waals surface area contributed by atoms with Gasteiger partial charge in [-0.05, 0) is 80.0 Å². The Kier molecular flexibility index (Phi) is 5.59. The van der Waals surface area contributed by atoms with Gasteiger partial charge in [0, 0.05) is 25.7 Å². The van der Waals surface area contributed by atoms with E-state index < -0.39 is 0 Å². The third-order valence-corrected chi connectivity index (χ3v) is 6.01. The molecule has 2 aromatic rings. The lowest BCUT2D eigenvalue weighted by molar-refractivity contribution is 0.0782. The predicted molar refractivity (Wildman–Crippen MR) is 103 cm³/mol. The lowest BCUT2D eigenvalue weighted by atomic mass is 10.2. The van der Waals surface area contributed by atoms with Gasteiger partial charge in [0.15, 0.2) is 0 Å². The molecule has 134 valence electrons. The van der Waals surface area contributed by atoms with Gasteiger partial charge in [-0.25, -0.2) is 4.68 Å². The van der Waals surface area contributed by atoms with Gasteiger partial charge in [0.1, 0.15) is 0 Å². The molecule has 1 aromatic heterocycles. The molecule has 0 spiro atoms. The molecule has 0 unspecified atom stereocenters. The zero-order valence-corrected chi connectivity index (χ0v) is 16.7. The van der Waals surface area contributed by atoms with E-state index in [0.29, 0.717) is 5.56 Å². The Labute approximate surface area is 157 Å². The average molecular weight is 405 g/mol. The summed E-state index contributed by atoms with van der Waals surface area (Å²) in [4.78, 5) is 16.8. The third kappa shape index (κ3) is 3.96. The number of likely N-dealkylation sites (N-methyl/N-ethyl adjacent to an activating group) is 1. The lowest BCUT2D eigenvalue weighted by Crippen LogP contribution is -2.35. The molecule has 25 heavy (non-hydrogen) atoms. The van der Waals surface area contributed by atoms with E-state index >= 15 is 0 Å². The third-order valence-electron chi connectivity index (χ3n) is 4.86. The summed E-state index contributed by atoms with van der Waals surface area (Å²) in [7, 11) is 1.88. The maximum atomic E-state index is 12.6. The summed E-state index contributed by atoms with van der Waals surface area (Å²) in [5, 5.41) is 4.53. The topological polar surface area (TPSA) is 41.4 Å². The quantitative estimate of drug-likeness (QED) is 0.766. The molecule has 0 N–H and O–H groups in total. The first kappa shape index (κ1) is 18.1. The highest BCUT2D eigenvalue weighted by Crippen LogP contribution is 2.23. The highest BCUT2D eigenvalue weighted by molar-refractivity contribution is 9.10. The van der Waals surface area contributed by atoms with Crippen LogP contribution < -0.4 is 0 Å². The van der Waals surface area contributed by atoms with Crippen LogP contribution in [0.25, 0.3) is 5.69 Å². The Morgan fingerprint density at radius 3 is 2.40 bits per heavy atom. The number of rotatable bonds is 5. The molecule has 0 atom stereocenters. The number of hydrogen-bond donors (Lipinski definition) is 0. The maximum absolute atomic E-state index is 12.6. The predicted octanol–water partition coefficient (Wildman–Crippen LogP) is 3.42. The zero-order chi connectivity index (χ0) is 18.0. The fraction of sp³-hybridized carbons (Fsp3) is 0.474. The van der Waals surface area contributed by atoms with Gasteiger partial charge in [-0.15, -0.1) is 0 Å². The average Bonchev–Trinajstić information content (AvgIpc) is 3.23. The molecule has 0 bridgehead atoms. The first-order valence-electron chi connectivity index (χ1n) is 8.77. The van der Waals surface area contributed by atoms with Crippen molar-refractivity contribution in [1.29, 1.82) is 0 Å². The largest absolute Gasteiger partial charge is 0.340 e. The van der Waals surface area contributed by atoms with Crippen LogP contribution in [0.4, 0.5) is 0 Å². The van der Waals surface area contributed by atoms with Crippen molar-refractivity contribution in [2.45, 2.75) is 26.7 Å². The molecular weight excluding hydrogens is 380 g/mol. The molecule has 1 saturated heterocycles. The number of likely N-dealkylation sites (tertiary alicyclic amines) is 1. The Balaban J connectivity index is 1.66. The molecule has 1 aliphatic heterocycles. The molecular formula is C19H25BrN4O. The maximum Gasteiger partial charge on any atom is 0.253 e. The van der Waals surface area contributed by atoms with Crippen LogP contribution >= 0.6 is 15.9 Å². The molecule has 1 fully saturated rings. The van der Waals surface area contributed by atoms with E-state index in [4.69, 9.17) is 0 Å². The van der Waals surface area contributed by atoms with Gasteiger partial charge in [0.2, 0.25) is 0 Å². The SMILES string of the molecule is Cc1nn(-c2ccc(C(=O)N(C)CCN3CCCC3)cc2)c(C)c1Br. The van der Waals surface area contributed by atoms with Crippen LogP contribution in [0.2, 0.25) is 0 Å². The number of aryl methyl sites for hydroxylation is 1.